The van der Waals surface area contributed by atoms with Gasteiger partial charge in [-0.1, -0.05) is 42.3 Å². The van der Waals surface area contributed by atoms with Gasteiger partial charge < -0.3 is 11.1 Å². The third-order valence-electron chi connectivity index (χ3n) is 5.64. The molecule has 0 bridgehead atoms. The van der Waals surface area contributed by atoms with Crippen LogP contribution < -0.4 is 11.1 Å². The van der Waals surface area contributed by atoms with Crippen LogP contribution in [0, 0.1) is 11.8 Å². The second-order valence-electron chi connectivity index (χ2n) is 7.88. The van der Waals surface area contributed by atoms with Crippen LogP contribution in [0.1, 0.15) is 41.5 Å². The van der Waals surface area contributed by atoms with Gasteiger partial charge in [0.15, 0.2) is 11.5 Å². The summed E-state index contributed by atoms with van der Waals surface area (Å²) < 4.78 is 1.49. The number of carbonyl (C=O) groups is 1. The van der Waals surface area contributed by atoms with Crippen molar-refractivity contribution in [3.63, 3.8) is 0 Å². The minimum absolute atomic E-state index is 0.126. The van der Waals surface area contributed by atoms with E-state index in [-0.39, 0.29) is 17.3 Å². The predicted octanol–water partition coefficient (Wildman–Crippen LogP) is 4.39. The standard InChI is InChI=1S/C27H22N6O/c1-3-9-18-12-7-13-22-20(18)16-21(19-10-5-4-6-11-19)24(31-22)17(2)30-27(34)23-25(28)32-33-15-8-14-29-26(23)33/h4-8,10-17H,1-2H3,(H2,28,32)(H,30,34)/t17-/m1/s1. The van der Waals surface area contributed by atoms with Gasteiger partial charge in [-0.2, -0.15) is 0 Å². The third-order valence-corrected chi connectivity index (χ3v) is 5.64. The summed E-state index contributed by atoms with van der Waals surface area (Å²) in [6, 6.07) is 19.3. The van der Waals surface area contributed by atoms with Crippen molar-refractivity contribution in [1.29, 1.82) is 0 Å². The molecule has 166 valence electrons. The number of nitrogens with two attached hydrogens (primary N) is 1. The number of hydrogen-bond acceptors (Lipinski definition) is 5. The van der Waals surface area contributed by atoms with Gasteiger partial charge in [-0.3, -0.25) is 4.79 Å². The molecule has 0 aliphatic heterocycles. The minimum Gasteiger partial charge on any atom is -0.381 e. The molecule has 1 amide bonds. The van der Waals surface area contributed by atoms with Crippen molar-refractivity contribution in [2.24, 2.45) is 0 Å². The number of rotatable bonds is 4. The van der Waals surface area contributed by atoms with E-state index < -0.39 is 6.04 Å². The van der Waals surface area contributed by atoms with Gasteiger partial charge in [-0.25, -0.2) is 14.5 Å². The summed E-state index contributed by atoms with van der Waals surface area (Å²) in [7, 11) is 0. The van der Waals surface area contributed by atoms with Crippen molar-refractivity contribution < 1.29 is 4.79 Å². The number of pyridine rings is 1. The maximum Gasteiger partial charge on any atom is 0.259 e. The summed E-state index contributed by atoms with van der Waals surface area (Å²) in [5, 5.41) is 8.20. The Bertz CT molecular complexity index is 1590. The van der Waals surface area contributed by atoms with E-state index in [4.69, 9.17) is 10.7 Å². The monoisotopic (exact) mass is 446 g/mol. The van der Waals surface area contributed by atoms with Crippen LogP contribution in [-0.2, 0) is 0 Å². The van der Waals surface area contributed by atoms with Crippen LogP contribution in [0.4, 0.5) is 5.82 Å². The van der Waals surface area contributed by atoms with Gasteiger partial charge in [0.2, 0.25) is 0 Å². The summed E-state index contributed by atoms with van der Waals surface area (Å²) >= 11 is 0. The molecule has 0 aliphatic rings. The Hall–Kier alpha value is -4.70. The quantitative estimate of drug-likeness (QED) is 0.399. The first-order chi connectivity index (χ1) is 16.6. The summed E-state index contributed by atoms with van der Waals surface area (Å²) in [6.45, 7) is 3.72. The maximum absolute atomic E-state index is 13.2. The second kappa shape index (κ2) is 8.68. The molecule has 5 rings (SSSR count). The molecular formula is C27H22N6O. The number of aromatic nitrogens is 4. The van der Waals surface area contributed by atoms with Crippen molar-refractivity contribution in [2.45, 2.75) is 19.9 Å². The van der Waals surface area contributed by atoms with Crippen LogP contribution in [0.25, 0.3) is 27.7 Å². The van der Waals surface area contributed by atoms with Crippen LogP contribution in [0.5, 0.6) is 0 Å². The molecule has 3 aromatic heterocycles. The number of nitrogen functional groups attached to an aromatic ring is 1. The molecule has 1 atom stereocenters. The molecule has 34 heavy (non-hydrogen) atoms. The zero-order valence-corrected chi connectivity index (χ0v) is 18.8. The molecule has 0 unspecified atom stereocenters. The molecule has 5 aromatic rings. The average Bonchev–Trinajstić information content (AvgIpc) is 3.20. The normalized spacial score (nSPS) is 11.7. The molecule has 7 nitrogen and oxygen atoms in total. The molecule has 0 fully saturated rings. The Kier molecular flexibility index (Phi) is 5.40. The lowest BCUT2D eigenvalue weighted by Gasteiger charge is -2.19. The zero-order valence-electron chi connectivity index (χ0n) is 18.8. The highest BCUT2D eigenvalue weighted by Gasteiger charge is 2.23. The molecule has 0 saturated carbocycles. The predicted molar refractivity (Wildman–Crippen MR) is 133 cm³/mol. The summed E-state index contributed by atoms with van der Waals surface area (Å²) in [6.07, 6.45) is 3.31. The van der Waals surface area contributed by atoms with E-state index in [1.54, 1.807) is 18.5 Å². The lowest BCUT2D eigenvalue weighted by Crippen LogP contribution is -2.28. The molecule has 3 heterocycles. The molecule has 7 heteroatoms. The van der Waals surface area contributed by atoms with Crippen LogP contribution in [0.15, 0.2) is 73.1 Å². The Morgan fingerprint density at radius 3 is 2.74 bits per heavy atom. The number of anilines is 1. The van der Waals surface area contributed by atoms with E-state index in [2.05, 4.69) is 33.3 Å². The topological polar surface area (TPSA) is 98.2 Å². The molecule has 0 saturated heterocycles. The van der Waals surface area contributed by atoms with E-state index in [9.17, 15) is 4.79 Å². The molecular weight excluding hydrogens is 424 g/mol. The number of carbonyl (C=O) groups excluding carboxylic acids is 1. The Labute approximate surface area is 196 Å². The van der Waals surface area contributed by atoms with Gasteiger partial charge in [0.1, 0.15) is 5.56 Å². The Morgan fingerprint density at radius 2 is 1.94 bits per heavy atom. The first-order valence-corrected chi connectivity index (χ1v) is 10.9. The summed E-state index contributed by atoms with van der Waals surface area (Å²) in [5.74, 6) is 5.91. The number of fused-ring (bicyclic) bond motifs is 2. The van der Waals surface area contributed by atoms with Crippen molar-refractivity contribution >= 4 is 28.3 Å². The summed E-state index contributed by atoms with van der Waals surface area (Å²) in [5.41, 5.74) is 11.1. The Balaban J connectivity index is 1.61. The fourth-order valence-corrected chi connectivity index (χ4v) is 4.09. The highest BCUT2D eigenvalue weighted by atomic mass is 16.1. The first kappa shape index (κ1) is 21.2. The van der Waals surface area contributed by atoms with Gasteiger partial charge in [-0.05, 0) is 43.7 Å². The van der Waals surface area contributed by atoms with Crippen molar-refractivity contribution in [2.75, 3.05) is 5.73 Å². The van der Waals surface area contributed by atoms with Crippen molar-refractivity contribution in [3.8, 4) is 23.0 Å². The van der Waals surface area contributed by atoms with Crippen molar-refractivity contribution in [1.82, 2.24) is 24.9 Å². The third kappa shape index (κ3) is 3.71. The van der Waals surface area contributed by atoms with Crippen molar-refractivity contribution in [3.05, 3.63) is 89.9 Å². The van der Waals surface area contributed by atoms with Gasteiger partial charge in [0, 0.05) is 28.9 Å². The number of hydrogen-bond donors (Lipinski definition) is 2. The highest BCUT2D eigenvalue weighted by Crippen LogP contribution is 2.32. The minimum atomic E-state index is -0.411. The molecule has 0 spiro atoms. The van der Waals surface area contributed by atoms with Crippen LogP contribution in [-0.4, -0.2) is 25.5 Å². The van der Waals surface area contributed by atoms with E-state index >= 15 is 0 Å². The zero-order chi connectivity index (χ0) is 23.7. The van der Waals surface area contributed by atoms with E-state index in [1.807, 2.05) is 62.4 Å². The van der Waals surface area contributed by atoms with E-state index in [0.29, 0.717) is 5.65 Å². The van der Waals surface area contributed by atoms with Crippen LogP contribution in [0.2, 0.25) is 0 Å². The molecule has 0 aliphatic carbocycles. The lowest BCUT2D eigenvalue weighted by atomic mass is 9.96. The van der Waals surface area contributed by atoms with Gasteiger partial charge >= 0.3 is 0 Å². The lowest BCUT2D eigenvalue weighted by molar-refractivity contribution is 0.0941. The van der Waals surface area contributed by atoms with Gasteiger partial charge in [0.05, 0.1) is 17.3 Å². The van der Waals surface area contributed by atoms with E-state index in [0.717, 1.165) is 33.3 Å². The molecule has 2 aromatic carbocycles. The average molecular weight is 447 g/mol. The molecule has 3 N–H and O–H groups in total. The van der Waals surface area contributed by atoms with E-state index in [1.165, 1.54) is 4.52 Å². The van der Waals surface area contributed by atoms with Crippen LogP contribution >= 0.6 is 0 Å². The van der Waals surface area contributed by atoms with Gasteiger partial charge in [-0.15, -0.1) is 11.0 Å². The van der Waals surface area contributed by atoms with Crippen LogP contribution in [0.3, 0.4) is 0 Å². The second-order valence-corrected chi connectivity index (χ2v) is 7.88. The fourth-order valence-electron chi connectivity index (χ4n) is 4.09. The number of nitrogens with zero attached hydrogens (tertiary/aromatic N) is 4. The van der Waals surface area contributed by atoms with Gasteiger partial charge in [0.25, 0.3) is 5.91 Å². The summed E-state index contributed by atoms with van der Waals surface area (Å²) in [4.78, 5) is 22.5. The maximum atomic E-state index is 13.2. The number of nitrogens with one attached hydrogen (secondary N) is 1. The Morgan fingerprint density at radius 1 is 1.12 bits per heavy atom. The highest BCUT2D eigenvalue weighted by molar-refractivity contribution is 6.04. The first-order valence-electron chi connectivity index (χ1n) is 10.9. The largest absolute Gasteiger partial charge is 0.381 e. The fraction of sp³-hybridized carbons (Fsp3) is 0.111. The number of amides is 1. The number of benzene rings is 2. The molecule has 0 radical (unpaired) electrons. The SMILES string of the molecule is CC#Cc1cccc2nc([C@@H](C)NC(=O)c3c(N)nn4cccnc34)c(-c3ccccc3)cc12. The smallest absolute Gasteiger partial charge is 0.259 e.